The highest BCUT2D eigenvalue weighted by Crippen LogP contribution is 2.44. The molecule has 2 aliphatic heterocycles. The first-order valence-corrected chi connectivity index (χ1v) is 10.2. The molecule has 1 aromatic heterocycles. The minimum Gasteiger partial charge on any atom is -0.385 e. The van der Waals surface area contributed by atoms with Gasteiger partial charge in [-0.3, -0.25) is 14.3 Å². The summed E-state index contributed by atoms with van der Waals surface area (Å²) in [6.07, 6.45) is 2.15. The van der Waals surface area contributed by atoms with Gasteiger partial charge in [-0.05, 0) is 24.0 Å². The Bertz CT molecular complexity index is 959. The zero-order valence-electron chi connectivity index (χ0n) is 16.4. The second-order valence-electron chi connectivity index (χ2n) is 8.00. The van der Waals surface area contributed by atoms with Crippen molar-refractivity contribution in [1.29, 1.82) is 0 Å². The standard InChI is InChI=1S/C21H25N5O3/c1-22-20(27)16-8-17(21(28)24-19-14-10-29-11-15(14)19)26(25-16)9-13-5-2-4-12-6-3-7-23-18(12)13/h2,4-5,8,14-15,19,23H,3,6-7,9-11H2,1H3,(H,22,27)(H,24,28). The number of carbonyl (C=O) groups is 2. The van der Waals surface area contributed by atoms with Gasteiger partial charge in [-0.15, -0.1) is 0 Å². The van der Waals surface area contributed by atoms with E-state index in [0.717, 1.165) is 30.6 Å². The molecule has 3 N–H and O–H groups in total. The monoisotopic (exact) mass is 395 g/mol. The lowest BCUT2D eigenvalue weighted by Crippen LogP contribution is -2.31. The second-order valence-corrected chi connectivity index (χ2v) is 8.00. The Morgan fingerprint density at radius 3 is 2.90 bits per heavy atom. The molecule has 2 atom stereocenters. The molecule has 2 fully saturated rings. The van der Waals surface area contributed by atoms with E-state index in [-0.39, 0.29) is 23.6 Å². The van der Waals surface area contributed by atoms with Crippen molar-refractivity contribution >= 4 is 17.5 Å². The molecule has 1 aromatic carbocycles. The smallest absolute Gasteiger partial charge is 0.271 e. The number of anilines is 1. The van der Waals surface area contributed by atoms with E-state index in [1.165, 1.54) is 5.56 Å². The fraction of sp³-hybridized carbons (Fsp3) is 0.476. The van der Waals surface area contributed by atoms with Crippen molar-refractivity contribution in [3.63, 3.8) is 0 Å². The van der Waals surface area contributed by atoms with Gasteiger partial charge >= 0.3 is 0 Å². The molecule has 0 radical (unpaired) electrons. The molecule has 8 heteroatoms. The summed E-state index contributed by atoms with van der Waals surface area (Å²) in [5, 5.41) is 13.6. The number of amides is 2. The van der Waals surface area contributed by atoms with Crippen LogP contribution in [0.3, 0.4) is 0 Å². The van der Waals surface area contributed by atoms with E-state index in [0.29, 0.717) is 37.3 Å². The van der Waals surface area contributed by atoms with Gasteiger partial charge in [-0.2, -0.15) is 5.10 Å². The van der Waals surface area contributed by atoms with Crippen molar-refractivity contribution in [2.45, 2.75) is 25.4 Å². The number of nitrogens with one attached hydrogen (secondary N) is 3. The summed E-state index contributed by atoms with van der Waals surface area (Å²) in [4.78, 5) is 25.1. The second kappa shape index (κ2) is 7.18. The third kappa shape index (κ3) is 3.27. The van der Waals surface area contributed by atoms with E-state index >= 15 is 0 Å². The van der Waals surface area contributed by atoms with Gasteiger partial charge in [-0.1, -0.05) is 18.2 Å². The van der Waals surface area contributed by atoms with Crippen LogP contribution in [0.25, 0.3) is 0 Å². The van der Waals surface area contributed by atoms with E-state index in [2.05, 4.69) is 27.1 Å². The van der Waals surface area contributed by atoms with Crippen LogP contribution in [0.2, 0.25) is 0 Å². The largest absolute Gasteiger partial charge is 0.385 e. The Kier molecular flexibility index (Phi) is 4.50. The maximum Gasteiger partial charge on any atom is 0.271 e. The quantitative estimate of drug-likeness (QED) is 0.702. The number of hydrogen-bond donors (Lipinski definition) is 3. The minimum atomic E-state index is -0.303. The lowest BCUT2D eigenvalue weighted by molar-refractivity contribution is 0.0917. The van der Waals surface area contributed by atoms with Gasteiger partial charge in [0.15, 0.2) is 5.69 Å². The lowest BCUT2D eigenvalue weighted by atomic mass is 9.99. The van der Waals surface area contributed by atoms with Crippen LogP contribution in [-0.4, -0.2) is 54.4 Å². The predicted octanol–water partition coefficient (Wildman–Crippen LogP) is 1.02. The van der Waals surface area contributed by atoms with Crippen molar-refractivity contribution in [3.8, 4) is 0 Å². The highest BCUT2D eigenvalue weighted by atomic mass is 16.5. The molecule has 3 heterocycles. The molecule has 2 aromatic rings. The molecule has 2 unspecified atom stereocenters. The summed E-state index contributed by atoms with van der Waals surface area (Å²) in [5.41, 5.74) is 4.12. The minimum absolute atomic E-state index is 0.161. The maximum atomic E-state index is 13.0. The normalized spacial score (nSPS) is 24.2. The highest BCUT2D eigenvalue weighted by molar-refractivity contribution is 5.98. The van der Waals surface area contributed by atoms with Crippen LogP contribution in [0.15, 0.2) is 24.3 Å². The molecule has 0 bridgehead atoms. The fourth-order valence-electron chi connectivity index (χ4n) is 4.51. The number of para-hydroxylation sites is 1. The summed E-state index contributed by atoms with van der Waals surface area (Å²) in [5.74, 6) is 0.339. The van der Waals surface area contributed by atoms with Crippen LogP contribution in [0, 0.1) is 11.8 Å². The summed E-state index contributed by atoms with van der Waals surface area (Å²) >= 11 is 0. The fourth-order valence-corrected chi connectivity index (χ4v) is 4.51. The number of ether oxygens (including phenoxy) is 1. The van der Waals surface area contributed by atoms with E-state index < -0.39 is 0 Å². The van der Waals surface area contributed by atoms with Gasteiger partial charge in [0.25, 0.3) is 11.8 Å². The molecule has 0 spiro atoms. The Labute approximate surface area is 169 Å². The number of nitrogens with zero attached hydrogens (tertiary/aromatic N) is 2. The Hall–Kier alpha value is -2.87. The number of carbonyl (C=O) groups excluding carboxylic acids is 2. The maximum absolute atomic E-state index is 13.0. The van der Waals surface area contributed by atoms with Gasteiger partial charge in [0, 0.05) is 43.2 Å². The molecule has 1 aliphatic carbocycles. The highest BCUT2D eigenvalue weighted by Gasteiger charge is 2.55. The molecule has 3 aliphatic rings. The van der Waals surface area contributed by atoms with Crippen LogP contribution in [0.1, 0.15) is 38.5 Å². The first-order chi connectivity index (χ1) is 14.2. The van der Waals surface area contributed by atoms with Gasteiger partial charge < -0.3 is 20.7 Å². The number of aryl methyl sites for hydroxylation is 1. The van der Waals surface area contributed by atoms with Crippen molar-refractivity contribution in [3.05, 3.63) is 46.8 Å². The van der Waals surface area contributed by atoms with Crippen LogP contribution in [-0.2, 0) is 17.7 Å². The van der Waals surface area contributed by atoms with E-state index in [9.17, 15) is 9.59 Å². The van der Waals surface area contributed by atoms with Crippen LogP contribution < -0.4 is 16.0 Å². The average Bonchev–Trinajstić information content (AvgIpc) is 3.11. The summed E-state index contributed by atoms with van der Waals surface area (Å²) in [7, 11) is 1.56. The lowest BCUT2D eigenvalue weighted by Gasteiger charge is -2.21. The molecule has 2 amide bonds. The molecular weight excluding hydrogens is 370 g/mol. The molecule has 29 heavy (non-hydrogen) atoms. The molecule has 1 saturated carbocycles. The topological polar surface area (TPSA) is 97.3 Å². The van der Waals surface area contributed by atoms with E-state index in [4.69, 9.17) is 4.74 Å². The van der Waals surface area contributed by atoms with Crippen LogP contribution >= 0.6 is 0 Å². The number of fused-ring (bicyclic) bond motifs is 2. The zero-order valence-corrected chi connectivity index (χ0v) is 16.4. The van der Waals surface area contributed by atoms with Crippen molar-refractivity contribution < 1.29 is 14.3 Å². The molecule has 5 rings (SSSR count). The number of aromatic nitrogens is 2. The van der Waals surface area contributed by atoms with E-state index in [1.54, 1.807) is 17.8 Å². The number of benzene rings is 1. The average molecular weight is 395 g/mol. The Morgan fingerprint density at radius 2 is 2.10 bits per heavy atom. The third-order valence-electron chi connectivity index (χ3n) is 6.20. The molecule has 8 nitrogen and oxygen atoms in total. The van der Waals surface area contributed by atoms with Crippen LogP contribution in [0.5, 0.6) is 0 Å². The Morgan fingerprint density at radius 1 is 1.28 bits per heavy atom. The number of rotatable bonds is 5. The van der Waals surface area contributed by atoms with E-state index in [1.807, 2.05) is 12.1 Å². The molecule has 1 saturated heterocycles. The first-order valence-electron chi connectivity index (χ1n) is 10.2. The summed E-state index contributed by atoms with van der Waals surface area (Å²) < 4.78 is 7.04. The Balaban J connectivity index is 1.43. The van der Waals surface area contributed by atoms with Gasteiger partial charge in [0.05, 0.1) is 19.8 Å². The molecular formula is C21H25N5O3. The van der Waals surface area contributed by atoms with Crippen molar-refractivity contribution in [2.75, 3.05) is 32.1 Å². The van der Waals surface area contributed by atoms with Crippen molar-refractivity contribution in [2.24, 2.45) is 11.8 Å². The van der Waals surface area contributed by atoms with Crippen LogP contribution in [0.4, 0.5) is 5.69 Å². The summed E-state index contributed by atoms with van der Waals surface area (Å²) in [6, 6.07) is 7.95. The van der Waals surface area contributed by atoms with Gasteiger partial charge in [-0.25, -0.2) is 0 Å². The zero-order chi connectivity index (χ0) is 20.0. The third-order valence-corrected chi connectivity index (χ3v) is 6.20. The molecule has 152 valence electrons. The predicted molar refractivity (Wildman–Crippen MR) is 107 cm³/mol. The number of hydrogen-bond acceptors (Lipinski definition) is 5. The summed E-state index contributed by atoms with van der Waals surface area (Å²) in [6.45, 7) is 2.78. The SMILES string of the molecule is CNC(=O)c1cc(C(=O)NC2C3COCC32)n(Cc2cccc3c2NCCC3)n1. The van der Waals surface area contributed by atoms with Gasteiger partial charge in [0.1, 0.15) is 5.69 Å². The first kappa shape index (κ1) is 18.2. The van der Waals surface area contributed by atoms with Gasteiger partial charge in [0.2, 0.25) is 0 Å². The van der Waals surface area contributed by atoms with Crippen molar-refractivity contribution in [1.82, 2.24) is 20.4 Å².